The van der Waals surface area contributed by atoms with Gasteiger partial charge in [0.05, 0.1) is 5.92 Å². The molecule has 92 valence electrons. The van der Waals surface area contributed by atoms with Crippen LogP contribution in [0.5, 0.6) is 0 Å². The lowest BCUT2D eigenvalue weighted by Crippen LogP contribution is -2.31. The topological polar surface area (TPSA) is 66.4 Å². The van der Waals surface area contributed by atoms with Crippen molar-refractivity contribution in [1.82, 2.24) is 5.32 Å². The standard InChI is InChI=1S/C12H21NO3/c1-8(12(15)16)4-3-7-13-11(14)9(2)10-5-6-10/h8-10H,3-7H2,1-2H3,(H,13,14)(H,15,16). The SMILES string of the molecule is CC(CCCNC(=O)C(C)C1CC1)C(=O)O. The monoisotopic (exact) mass is 227 g/mol. The Morgan fingerprint density at radius 3 is 2.50 bits per heavy atom. The first-order chi connectivity index (χ1) is 7.52. The van der Waals surface area contributed by atoms with Crippen molar-refractivity contribution in [2.24, 2.45) is 17.8 Å². The van der Waals surface area contributed by atoms with Crippen LogP contribution in [0.15, 0.2) is 0 Å². The molecule has 1 rings (SSSR count). The molecular formula is C12H21NO3. The quantitative estimate of drug-likeness (QED) is 0.650. The van der Waals surface area contributed by atoms with Gasteiger partial charge in [0.2, 0.25) is 5.91 Å². The van der Waals surface area contributed by atoms with Crippen LogP contribution in [0, 0.1) is 17.8 Å². The summed E-state index contributed by atoms with van der Waals surface area (Å²) in [5.41, 5.74) is 0. The lowest BCUT2D eigenvalue weighted by Gasteiger charge is -2.11. The number of amides is 1. The normalized spacial score (nSPS) is 18.9. The summed E-state index contributed by atoms with van der Waals surface area (Å²) in [6.45, 7) is 4.25. The maximum atomic E-state index is 11.6. The molecule has 16 heavy (non-hydrogen) atoms. The predicted molar refractivity (Wildman–Crippen MR) is 60.9 cm³/mol. The van der Waals surface area contributed by atoms with Crippen LogP contribution in [0.1, 0.15) is 39.5 Å². The number of rotatable bonds is 7. The Morgan fingerprint density at radius 2 is 2.00 bits per heavy atom. The lowest BCUT2D eigenvalue weighted by molar-refractivity contribution is -0.141. The first-order valence-corrected chi connectivity index (χ1v) is 6.03. The fourth-order valence-corrected chi connectivity index (χ4v) is 1.71. The Labute approximate surface area is 96.4 Å². The van der Waals surface area contributed by atoms with Crippen molar-refractivity contribution in [1.29, 1.82) is 0 Å². The number of carboxylic acid groups (broad SMARTS) is 1. The van der Waals surface area contributed by atoms with Crippen LogP contribution in [0.4, 0.5) is 0 Å². The van der Waals surface area contributed by atoms with Gasteiger partial charge in [-0.25, -0.2) is 0 Å². The number of carbonyl (C=O) groups excluding carboxylic acids is 1. The summed E-state index contributed by atoms with van der Waals surface area (Å²) in [5, 5.41) is 11.5. The molecule has 4 heteroatoms. The highest BCUT2D eigenvalue weighted by molar-refractivity contribution is 5.78. The van der Waals surface area contributed by atoms with Gasteiger partial charge in [0.15, 0.2) is 0 Å². The molecule has 0 aliphatic heterocycles. The van der Waals surface area contributed by atoms with Crippen LogP contribution in [0.25, 0.3) is 0 Å². The zero-order chi connectivity index (χ0) is 12.1. The van der Waals surface area contributed by atoms with Crippen LogP contribution in [-0.4, -0.2) is 23.5 Å². The number of nitrogens with one attached hydrogen (secondary N) is 1. The third kappa shape index (κ3) is 4.21. The van der Waals surface area contributed by atoms with E-state index in [9.17, 15) is 9.59 Å². The number of hydrogen-bond donors (Lipinski definition) is 2. The summed E-state index contributed by atoms with van der Waals surface area (Å²) in [5.74, 6) is -0.268. The van der Waals surface area contributed by atoms with Gasteiger partial charge in [-0.3, -0.25) is 9.59 Å². The second-order valence-electron chi connectivity index (χ2n) is 4.80. The molecule has 1 fully saturated rings. The zero-order valence-corrected chi connectivity index (χ0v) is 10.0. The highest BCUT2D eigenvalue weighted by Gasteiger charge is 2.32. The molecular weight excluding hydrogens is 206 g/mol. The molecule has 0 saturated heterocycles. The van der Waals surface area contributed by atoms with E-state index >= 15 is 0 Å². The van der Waals surface area contributed by atoms with Gasteiger partial charge in [-0.15, -0.1) is 0 Å². The molecule has 1 aliphatic rings. The first kappa shape index (κ1) is 13.0. The Kier molecular flexibility index (Phi) is 4.77. The van der Waals surface area contributed by atoms with Gasteiger partial charge in [-0.2, -0.15) is 0 Å². The third-order valence-electron chi connectivity index (χ3n) is 3.28. The fourth-order valence-electron chi connectivity index (χ4n) is 1.71. The van der Waals surface area contributed by atoms with Crippen molar-refractivity contribution >= 4 is 11.9 Å². The molecule has 0 bridgehead atoms. The van der Waals surface area contributed by atoms with E-state index in [1.54, 1.807) is 6.92 Å². The number of carbonyl (C=O) groups is 2. The second kappa shape index (κ2) is 5.87. The van der Waals surface area contributed by atoms with Gasteiger partial charge in [-0.05, 0) is 31.6 Å². The molecule has 2 N–H and O–H groups in total. The van der Waals surface area contributed by atoms with Crippen LogP contribution in [0.2, 0.25) is 0 Å². The Balaban J connectivity index is 2.06. The average molecular weight is 227 g/mol. The molecule has 4 nitrogen and oxygen atoms in total. The van der Waals surface area contributed by atoms with Crippen LogP contribution in [0.3, 0.4) is 0 Å². The van der Waals surface area contributed by atoms with Gasteiger partial charge >= 0.3 is 5.97 Å². The van der Waals surface area contributed by atoms with Gasteiger partial charge in [-0.1, -0.05) is 13.8 Å². The smallest absolute Gasteiger partial charge is 0.306 e. The van der Waals surface area contributed by atoms with Crippen molar-refractivity contribution in [2.75, 3.05) is 6.54 Å². The van der Waals surface area contributed by atoms with E-state index in [0.29, 0.717) is 18.9 Å². The van der Waals surface area contributed by atoms with Gasteiger partial charge in [0.1, 0.15) is 0 Å². The molecule has 2 atom stereocenters. The second-order valence-corrected chi connectivity index (χ2v) is 4.80. The van der Waals surface area contributed by atoms with Gasteiger partial charge in [0, 0.05) is 12.5 Å². The molecule has 0 spiro atoms. The maximum absolute atomic E-state index is 11.6. The zero-order valence-electron chi connectivity index (χ0n) is 10.0. The third-order valence-corrected chi connectivity index (χ3v) is 3.28. The van der Waals surface area contributed by atoms with Crippen LogP contribution >= 0.6 is 0 Å². The van der Waals surface area contributed by atoms with Crippen molar-refractivity contribution in [3.05, 3.63) is 0 Å². The van der Waals surface area contributed by atoms with Crippen LogP contribution in [-0.2, 0) is 9.59 Å². The van der Waals surface area contributed by atoms with E-state index in [0.717, 1.165) is 6.42 Å². The van der Waals surface area contributed by atoms with Crippen molar-refractivity contribution in [3.63, 3.8) is 0 Å². The summed E-state index contributed by atoms with van der Waals surface area (Å²) in [7, 11) is 0. The minimum absolute atomic E-state index is 0.116. The summed E-state index contributed by atoms with van der Waals surface area (Å²) >= 11 is 0. The highest BCUT2D eigenvalue weighted by atomic mass is 16.4. The minimum Gasteiger partial charge on any atom is -0.481 e. The summed E-state index contributed by atoms with van der Waals surface area (Å²) in [4.78, 5) is 22.1. The largest absolute Gasteiger partial charge is 0.481 e. The van der Waals surface area contributed by atoms with Crippen molar-refractivity contribution < 1.29 is 14.7 Å². The molecule has 0 heterocycles. The number of aliphatic carboxylic acids is 1. The molecule has 1 aliphatic carbocycles. The van der Waals surface area contributed by atoms with E-state index in [2.05, 4.69) is 5.32 Å². The van der Waals surface area contributed by atoms with Crippen molar-refractivity contribution in [3.8, 4) is 0 Å². The molecule has 1 saturated carbocycles. The van der Waals surface area contributed by atoms with Gasteiger partial charge < -0.3 is 10.4 Å². The highest BCUT2D eigenvalue weighted by Crippen LogP contribution is 2.36. The molecule has 0 radical (unpaired) electrons. The fraction of sp³-hybridized carbons (Fsp3) is 0.833. The Bertz CT molecular complexity index is 261. The van der Waals surface area contributed by atoms with E-state index in [1.807, 2.05) is 6.92 Å². The van der Waals surface area contributed by atoms with Crippen LogP contribution < -0.4 is 5.32 Å². The lowest BCUT2D eigenvalue weighted by atomic mass is 10.0. The predicted octanol–water partition coefficient (Wildman–Crippen LogP) is 1.65. The van der Waals surface area contributed by atoms with Gasteiger partial charge in [0.25, 0.3) is 0 Å². The average Bonchev–Trinajstić information content (AvgIpc) is 3.06. The summed E-state index contributed by atoms with van der Waals surface area (Å²) in [6.07, 6.45) is 3.69. The maximum Gasteiger partial charge on any atom is 0.306 e. The Morgan fingerprint density at radius 1 is 1.38 bits per heavy atom. The molecule has 0 aromatic rings. The summed E-state index contributed by atoms with van der Waals surface area (Å²) in [6, 6.07) is 0. The molecule has 2 unspecified atom stereocenters. The van der Waals surface area contributed by atoms with E-state index < -0.39 is 5.97 Å². The molecule has 0 aromatic carbocycles. The van der Waals surface area contributed by atoms with E-state index in [1.165, 1.54) is 12.8 Å². The first-order valence-electron chi connectivity index (χ1n) is 6.03. The number of carboxylic acids is 1. The molecule has 0 aromatic heterocycles. The Hall–Kier alpha value is -1.06. The van der Waals surface area contributed by atoms with E-state index in [4.69, 9.17) is 5.11 Å². The minimum atomic E-state index is -0.766. The van der Waals surface area contributed by atoms with Crippen molar-refractivity contribution in [2.45, 2.75) is 39.5 Å². The molecule has 1 amide bonds. The summed E-state index contributed by atoms with van der Waals surface area (Å²) < 4.78 is 0. The van der Waals surface area contributed by atoms with E-state index in [-0.39, 0.29) is 17.7 Å². The number of hydrogen-bond acceptors (Lipinski definition) is 2.